The van der Waals surface area contributed by atoms with Crippen LogP contribution in [-0.2, 0) is 9.53 Å². The summed E-state index contributed by atoms with van der Waals surface area (Å²) in [5, 5.41) is 2.96. The second kappa shape index (κ2) is 7.86. The van der Waals surface area contributed by atoms with Crippen molar-refractivity contribution >= 4 is 22.9 Å². The van der Waals surface area contributed by atoms with Crippen LogP contribution in [0.25, 0.3) is 11.0 Å². The fourth-order valence-electron chi connectivity index (χ4n) is 3.06. The maximum Gasteiger partial charge on any atom is 0.340 e. The standard InChI is InChI=1S/C18H21N3O3/c22-16(21-13-6-3-1-2-4-7-13)12-24-18(23)14-8-5-9-15-17(14)20-11-10-19-15/h5,8-11,13H,1-4,6-7,12H2,(H,21,22). The number of aromatic nitrogens is 2. The van der Waals surface area contributed by atoms with E-state index in [0.717, 1.165) is 25.7 Å². The maximum absolute atomic E-state index is 12.2. The van der Waals surface area contributed by atoms with Gasteiger partial charge in [0.1, 0.15) is 5.52 Å². The average Bonchev–Trinajstić information content (AvgIpc) is 2.88. The minimum Gasteiger partial charge on any atom is -0.452 e. The molecule has 0 atom stereocenters. The predicted octanol–water partition coefficient (Wildman–Crippen LogP) is 2.63. The fraction of sp³-hybridized carbons (Fsp3) is 0.444. The van der Waals surface area contributed by atoms with Crippen LogP contribution >= 0.6 is 0 Å². The SMILES string of the molecule is O=C(COC(=O)c1cccc2nccnc12)NC1CCCCCC1. The zero-order valence-electron chi connectivity index (χ0n) is 13.5. The van der Waals surface area contributed by atoms with Crippen molar-refractivity contribution in [2.75, 3.05) is 6.61 Å². The second-order valence-electron chi connectivity index (χ2n) is 6.06. The number of carbonyl (C=O) groups is 2. The lowest BCUT2D eigenvalue weighted by molar-refractivity contribution is -0.125. The van der Waals surface area contributed by atoms with Gasteiger partial charge < -0.3 is 10.1 Å². The van der Waals surface area contributed by atoms with Gasteiger partial charge in [0.15, 0.2) is 6.61 Å². The number of nitrogens with zero attached hydrogens (tertiary/aromatic N) is 2. The lowest BCUT2D eigenvalue weighted by Crippen LogP contribution is -2.37. The molecular weight excluding hydrogens is 306 g/mol. The molecule has 6 nitrogen and oxygen atoms in total. The summed E-state index contributed by atoms with van der Waals surface area (Å²) in [5.74, 6) is -0.807. The van der Waals surface area contributed by atoms with Crippen LogP contribution in [0.15, 0.2) is 30.6 Å². The number of hydrogen-bond acceptors (Lipinski definition) is 5. The molecule has 0 bridgehead atoms. The first-order valence-electron chi connectivity index (χ1n) is 8.40. The van der Waals surface area contributed by atoms with Crippen molar-refractivity contribution in [2.45, 2.75) is 44.6 Å². The van der Waals surface area contributed by atoms with Crippen LogP contribution in [0.1, 0.15) is 48.9 Å². The van der Waals surface area contributed by atoms with Crippen molar-refractivity contribution in [1.82, 2.24) is 15.3 Å². The Morgan fingerprint density at radius 2 is 1.83 bits per heavy atom. The molecule has 0 spiro atoms. The molecule has 0 saturated heterocycles. The lowest BCUT2D eigenvalue weighted by Gasteiger charge is -2.16. The number of esters is 1. The van der Waals surface area contributed by atoms with Crippen LogP contribution in [-0.4, -0.2) is 34.5 Å². The van der Waals surface area contributed by atoms with Gasteiger partial charge in [-0.25, -0.2) is 4.79 Å². The summed E-state index contributed by atoms with van der Waals surface area (Å²) in [7, 11) is 0. The molecule has 1 aromatic carbocycles. The minimum absolute atomic E-state index is 0.196. The Kier molecular flexibility index (Phi) is 5.36. The van der Waals surface area contributed by atoms with Crippen molar-refractivity contribution in [2.24, 2.45) is 0 Å². The van der Waals surface area contributed by atoms with Crippen LogP contribution in [0.4, 0.5) is 0 Å². The summed E-state index contributed by atoms with van der Waals surface area (Å²) in [6.07, 6.45) is 9.82. The van der Waals surface area contributed by atoms with Gasteiger partial charge in [0, 0.05) is 18.4 Å². The normalized spacial score (nSPS) is 15.7. The second-order valence-corrected chi connectivity index (χ2v) is 6.06. The van der Waals surface area contributed by atoms with E-state index in [-0.39, 0.29) is 18.6 Å². The number of rotatable bonds is 4. The van der Waals surface area contributed by atoms with Crippen molar-refractivity contribution in [3.8, 4) is 0 Å². The average molecular weight is 327 g/mol. The van der Waals surface area contributed by atoms with Gasteiger partial charge in [0.05, 0.1) is 11.1 Å². The fourth-order valence-corrected chi connectivity index (χ4v) is 3.06. The summed E-state index contributed by atoms with van der Waals surface area (Å²) in [5.41, 5.74) is 1.42. The molecule has 1 heterocycles. The third-order valence-corrected chi connectivity index (χ3v) is 4.27. The van der Waals surface area contributed by atoms with Gasteiger partial charge in [-0.1, -0.05) is 31.7 Å². The molecule has 0 unspecified atom stereocenters. The van der Waals surface area contributed by atoms with Crippen molar-refractivity contribution in [3.05, 3.63) is 36.2 Å². The molecule has 1 saturated carbocycles. The highest BCUT2D eigenvalue weighted by Crippen LogP contribution is 2.17. The molecule has 1 amide bonds. The molecule has 1 N–H and O–H groups in total. The number of nitrogens with one attached hydrogen (secondary N) is 1. The highest BCUT2D eigenvalue weighted by molar-refractivity contribution is 6.02. The quantitative estimate of drug-likeness (QED) is 0.689. The van der Waals surface area contributed by atoms with Crippen LogP contribution in [0.2, 0.25) is 0 Å². The Bertz CT molecular complexity index is 719. The molecule has 3 rings (SSSR count). The van der Waals surface area contributed by atoms with Crippen LogP contribution in [0, 0.1) is 0 Å². The van der Waals surface area contributed by atoms with E-state index in [0.29, 0.717) is 16.6 Å². The van der Waals surface area contributed by atoms with E-state index < -0.39 is 5.97 Å². The van der Waals surface area contributed by atoms with Crippen molar-refractivity contribution in [1.29, 1.82) is 0 Å². The van der Waals surface area contributed by atoms with Crippen molar-refractivity contribution in [3.63, 3.8) is 0 Å². The van der Waals surface area contributed by atoms with Gasteiger partial charge in [-0.3, -0.25) is 14.8 Å². The van der Waals surface area contributed by atoms with Crippen molar-refractivity contribution < 1.29 is 14.3 Å². The minimum atomic E-state index is -0.558. The number of para-hydroxylation sites is 1. The Balaban J connectivity index is 1.57. The van der Waals surface area contributed by atoms with E-state index in [1.54, 1.807) is 24.4 Å². The molecule has 24 heavy (non-hydrogen) atoms. The largest absolute Gasteiger partial charge is 0.452 e. The highest BCUT2D eigenvalue weighted by atomic mass is 16.5. The Labute approximate surface area is 140 Å². The molecule has 0 aliphatic heterocycles. The number of amides is 1. The molecule has 1 fully saturated rings. The Morgan fingerprint density at radius 3 is 2.62 bits per heavy atom. The third kappa shape index (κ3) is 4.07. The van der Waals surface area contributed by atoms with Gasteiger partial charge >= 0.3 is 5.97 Å². The predicted molar refractivity (Wildman–Crippen MR) is 89.5 cm³/mol. The van der Waals surface area contributed by atoms with E-state index in [9.17, 15) is 9.59 Å². The first kappa shape index (κ1) is 16.4. The number of benzene rings is 1. The summed E-state index contributed by atoms with van der Waals surface area (Å²) in [6, 6.07) is 5.32. The third-order valence-electron chi connectivity index (χ3n) is 4.27. The van der Waals surface area contributed by atoms with E-state index in [1.807, 2.05) is 0 Å². The summed E-state index contributed by atoms with van der Waals surface area (Å²) in [6.45, 7) is -0.272. The van der Waals surface area contributed by atoms with Gasteiger partial charge in [-0.15, -0.1) is 0 Å². The Morgan fingerprint density at radius 1 is 1.08 bits per heavy atom. The molecule has 2 aromatic rings. The van der Waals surface area contributed by atoms with E-state index in [1.165, 1.54) is 19.0 Å². The van der Waals surface area contributed by atoms with E-state index in [2.05, 4.69) is 15.3 Å². The number of ether oxygens (including phenoxy) is 1. The smallest absolute Gasteiger partial charge is 0.340 e. The number of hydrogen-bond donors (Lipinski definition) is 1. The molecule has 126 valence electrons. The summed E-state index contributed by atoms with van der Waals surface area (Å²) >= 11 is 0. The first-order chi connectivity index (χ1) is 11.7. The van der Waals surface area contributed by atoms with Gasteiger partial charge in [-0.2, -0.15) is 0 Å². The summed E-state index contributed by atoms with van der Waals surface area (Å²) in [4.78, 5) is 32.6. The Hall–Kier alpha value is -2.50. The molecule has 0 radical (unpaired) electrons. The first-order valence-corrected chi connectivity index (χ1v) is 8.40. The van der Waals surface area contributed by atoms with Crippen LogP contribution in [0.3, 0.4) is 0 Å². The number of carbonyl (C=O) groups excluding carboxylic acids is 2. The molecule has 1 aliphatic carbocycles. The van der Waals surface area contributed by atoms with E-state index in [4.69, 9.17) is 4.74 Å². The maximum atomic E-state index is 12.2. The molecule has 6 heteroatoms. The van der Waals surface area contributed by atoms with Gasteiger partial charge in [-0.05, 0) is 25.0 Å². The van der Waals surface area contributed by atoms with E-state index >= 15 is 0 Å². The lowest BCUT2D eigenvalue weighted by atomic mass is 10.1. The summed E-state index contributed by atoms with van der Waals surface area (Å²) < 4.78 is 5.15. The van der Waals surface area contributed by atoms with Crippen LogP contribution in [0.5, 0.6) is 0 Å². The molecular formula is C18H21N3O3. The van der Waals surface area contributed by atoms with Gasteiger partial charge in [0.2, 0.25) is 0 Å². The molecule has 1 aromatic heterocycles. The number of fused-ring (bicyclic) bond motifs is 1. The van der Waals surface area contributed by atoms with Gasteiger partial charge in [0.25, 0.3) is 5.91 Å². The monoisotopic (exact) mass is 327 g/mol. The zero-order chi connectivity index (χ0) is 16.8. The molecule has 1 aliphatic rings. The van der Waals surface area contributed by atoms with Crippen LogP contribution < -0.4 is 5.32 Å². The zero-order valence-corrected chi connectivity index (χ0v) is 13.5. The topological polar surface area (TPSA) is 81.2 Å². The highest BCUT2D eigenvalue weighted by Gasteiger charge is 2.17.